The van der Waals surface area contributed by atoms with Crippen LogP contribution in [0, 0.1) is 0 Å². The van der Waals surface area contributed by atoms with Gasteiger partial charge in [0, 0.05) is 17.6 Å². The second-order valence-corrected chi connectivity index (χ2v) is 3.78. The van der Waals surface area contributed by atoms with Crippen molar-refractivity contribution in [2.24, 2.45) is 5.73 Å². The van der Waals surface area contributed by atoms with Gasteiger partial charge in [-0.1, -0.05) is 12.1 Å². The van der Waals surface area contributed by atoms with Gasteiger partial charge in [0.15, 0.2) is 0 Å². The van der Waals surface area contributed by atoms with Crippen molar-refractivity contribution in [1.29, 1.82) is 0 Å². The lowest BCUT2D eigenvalue weighted by atomic mass is 9.99. The number of nitrogens with zero attached hydrogens (tertiary/aromatic N) is 1. The lowest BCUT2D eigenvalue weighted by molar-refractivity contribution is -0.137. The summed E-state index contributed by atoms with van der Waals surface area (Å²) in [4.78, 5) is 14.7. The molecule has 0 saturated heterocycles. The van der Waals surface area contributed by atoms with E-state index in [1.807, 2.05) is 0 Å². The molecule has 1 aromatic heterocycles. The Labute approximate surface area is 97.5 Å². The maximum Gasteiger partial charge on any atom is 0.305 e. The molecule has 1 aromatic carbocycles. The van der Waals surface area contributed by atoms with Crippen LogP contribution in [0.15, 0.2) is 30.5 Å². The van der Waals surface area contributed by atoms with E-state index in [2.05, 4.69) is 4.98 Å². The van der Waals surface area contributed by atoms with Gasteiger partial charge in [-0.2, -0.15) is 0 Å². The molecule has 5 heteroatoms. The highest BCUT2D eigenvalue weighted by atomic mass is 16.4. The molecule has 1 unspecified atom stereocenters. The van der Waals surface area contributed by atoms with Crippen LogP contribution in [0.5, 0.6) is 5.75 Å². The van der Waals surface area contributed by atoms with Crippen LogP contribution in [0.4, 0.5) is 0 Å². The summed E-state index contributed by atoms with van der Waals surface area (Å²) >= 11 is 0. The minimum atomic E-state index is -0.956. The van der Waals surface area contributed by atoms with Crippen LogP contribution < -0.4 is 5.73 Å². The van der Waals surface area contributed by atoms with Gasteiger partial charge in [-0.25, -0.2) is 0 Å². The largest absolute Gasteiger partial charge is 0.506 e. The van der Waals surface area contributed by atoms with Crippen molar-refractivity contribution in [2.45, 2.75) is 12.5 Å². The van der Waals surface area contributed by atoms with Gasteiger partial charge in [0.25, 0.3) is 0 Å². The SMILES string of the molecule is NC(CC(=O)O)c1ccc(O)c2ncccc12. The number of aromatic hydroxyl groups is 1. The van der Waals surface area contributed by atoms with Crippen molar-refractivity contribution >= 4 is 16.9 Å². The summed E-state index contributed by atoms with van der Waals surface area (Å²) in [6, 6.07) is 5.98. The molecule has 17 heavy (non-hydrogen) atoms. The first-order chi connectivity index (χ1) is 8.09. The number of benzene rings is 1. The Bertz CT molecular complexity index is 569. The molecule has 0 fully saturated rings. The predicted octanol–water partition coefficient (Wildman–Crippen LogP) is 1.41. The molecule has 2 rings (SSSR count). The fourth-order valence-electron chi connectivity index (χ4n) is 1.80. The molecule has 1 heterocycles. The van der Waals surface area contributed by atoms with E-state index in [9.17, 15) is 9.90 Å². The monoisotopic (exact) mass is 232 g/mol. The van der Waals surface area contributed by atoms with Crippen LogP contribution in [0.25, 0.3) is 10.9 Å². The average molecular weight is 232 g/mol. The standard InChI is InChI=1S/C12H12N2O3/c13-9(6-11(16)17)7-3-4-10(15)12-8(7)2-1-5-14-12/h1-5,9,15H,6,13H2,(H,16,17). The number of nitrogens with two attached hydrogens (primary N) is 1. The third-order valence-corrected chi connectivity index (χ3v) is 2.58. The second-order valence-electron chi connectivity index (χ2n) is 3.78. The summed E-state index contributed by atoms with van der Waals surface area (Å²) in [5.41, 5.74) is 6.93. The first kappa shape index (κ1) is 11.3. The number of phenols is 1. The maximum absolute atomic E-state index is 10.6. The number of carbonyl (C=O) groups is 1. The zero-order chi connectivity index (χ0) is 12.4. The lowest BCUT2D eigenvalue weighted by Gasteiger charge is -2.12. The number of rotatable bonds is 3. The van der Waals surface area contributed by atoms with Gasteiger partial charge < -0.3 is 15.9 Å². The van der Waals surface area contributed by atoms with E-state index in [0.29, 0.717) is 16.5 Å². The van der Waals surface area contributed by atoms with Crippen LogP contribution >= 0.6 is 0 Å². The number of hydrogen-bond donors (Lipinski definition) is 3. The summed E-state index contributed by atoms with van der Waals surface area (Å²) in [6.07, 6.45) is 1.41. The molecule has 0 spiro atoms. The van der Waals surface area contributed by atoms with Crippen LogP contribution in [-0.4, -0.2) is 21.2 Å². The van der Waals surface area contributed by atoms with Crippen LogP contribution in [0.2, 0.25) is 0 Å². The number of aromatic nitrogens is 1. The van der Waals surface area contributed by atoms with Crippen LogP contribution in [-0.2, 0) is 4.79 Å². The Kier molecular flexibility index (Phi) is 2.93. The fourth-order valence-corrected chi connectivity index (χ4v) is 1.80. The van der Waals surface area contributed by atoms with Gasteiger partial charge >= 0.3 is 5.97 Å². The van der Waals surface area contributed by atoms with Crippen molar-refractivity contribution in [2.75, 3.05) is 0 Å². The maximum atomic E-state index is 10.6. The molecule has 0 saturated carbocycles. The van der Waals surface area contributed by atoms with E-state index >= 15 is 0 Å². The lowest BCUT2D eigenvalue weighted by Crippen LogP contribution is -2.15. The normalized spacial score (nSPS) is 12.5. The first-order valence-electron chi connectivity index (χ1n) is 5.13. The van der Waals surface area contributed by atoms with Gasteiger partial charge in [0.1, 0.15) is 11.3 Å². The molecule has 2 aromatic rings. The first-order valence-corrected chi connectivity index (χ1v) is 5.13. The summed E-state index contributed by atoms with van der Waals surface area (Å²) in [5.74, 6) is -0.894. The summed E-state index contributed by atoms with van der Waals surface area (Å²) in [7, 11) is 0. The topological polar surface area (TPSA) is 96.4 Å². The Morgan fingerprint density at radius 1 is 1.41 bits per heavy atom. The van der Waals surface area contributed by atoms with Gasteiger partial charge in [-0.3, -0.25) is 9.78 Å². The predicted molar refractivity (Wildman–Crippen MR) is 62.6 cm³/mol. The quantitative estimate of drug-likeness (QED) is 0.743. The third-order valence-electron chi connectivity index (χ3n) is 2.58. The molecular formula is C12H12N2O3. The van der Waals surface area contributed by atoms with Gasteiger partial charge in [0.05, 0.1) is 6.42 Å². The Morgan fingerprint density at radius 3 is 2.88 bits per heavy atom. The number of phenolic OH excluding ortho intramolecular Hbond substituents is 1. The molecule has 4 N–H and O–H groups in total. The number of hydrogen-bond acceptors (Lipinski definition) is 4. The smallest absolute Gasteiger partial charge is 0.305 e. The molecule has 0 bridgehead atoms. The zero-order valence-electron chi connectivity index (χ0n) is 9.00. The van der Waals surface area contributed by atoms with Gasteiger partial charge in [0.2, 0.25) is 0 Å². The number of pyridine rings is 1. The molecular weight excluding hydrogens is 220 g/mol. The third kappa shape index (κ3) is 2.19. The van der Waals surface area contributed by atoms with Crippen LogP contribution in [0.1, 0.15) is 18.0 Å². The number of carboxylic acid groups (broad SMARTS) is 1. The minimum absolute atomic E-state index is 0.0619. The second kappa shape index (κ2) is 4.39. The Hall–Kier alpha value is -2.14. The van der Waals surface area contributed by atoms with E-state index in [4.69, 9.17) is 10.8 Å². The highest BCUT2D eigenvalue weighted by molar-refractivity contribution is 5.88. The van der Waals surface area contributed by atoms with Crippen molar-refractivity contribution in [3.63, 3.8) is 0 Å². The number of aliphatic carboxylic acids is 1. The molecule has 1 atom stereocenters. The van der Waals surface area contributed by atoms with Gasteiger partial charge in [-0.05, 0) is 17.7 Å². The summed E-state index contributed by atoms with van der Waals surface area (Å²) in [5, 5.41) is 19.0. The van der Waals surface area contributed by atoms with Crippen molar-refractivity contribution in [3.05, 3.63) is 36.0 Å². The Morgan fingerprint density at radius 2 is 2.18 bits per heavy atom. The summed E-state index contributed by atoms with van der Waals surface area (Å²) in [6.45, 7) is 0. The summed E-state index contributed by atoms with van der Waals surface area (Å²) < 4.78 is 0. The Balaban J connectivity index is 2.55. The zero-order valence-corrected chi connectivity index (χ0v) is 9.00. The average Bonchev–Trinajstić information content (AvgIpc) is 2.29. The number of fused-ring (bicyclic) bond motifs is 1. The van der Waals surface area contributed by atoms with Crippen LogP contribution in [0.3, 0.4) is 0 Å². The highest BCUT2D eigenvalue weighted by Crippen LogP contribution is 2.29. The van der Waals surface area contributed by atoms with E-state index in [1.165, 1.54) is 6.07 Å². The fraction of sp³-hybridized carbons (Fsp3) is 0.167. The van der Waals surface area contributed by atoms with Crippen molar-refractivity contribution in [1.82, 2.24) is 4.98 Å². The van der Waals surface area contributed by atoms with E-state index < -0.39 is 12.0 Å². The van der Waals surface area contributed by atoms with E-state index in [0.717, 1.165) is 0 Å². The minimum Gasteiger partial charge on any atom is -0.506 e. The number of carboxylic acids is 1. The van der Waals surface area contributed by atoms with E-state index in [1.54, 1.807) is 24.4 Å². The highest BCUT2D eigenvalue weighted by Gasteiger charge is 2.15. The van der Waals surface area contributed by atoms with Crippen molar-refractivity contribution in [3.8, 4) is 5.75 Å². The van der Waals surface area contributed by atoms with Crippen molar-refractivity contribution < 1.29 is 15.0 Å². The molecule has 0 aliphatic rings. The molecule has 0 aliphatic carbocycles. The molecule has 88 valence electrons. The molecule has 0 amide bonds. The van der Waals surface area contributed by atoms with Gasteiger partial charge in [-0.15, -0.1) is 0 Å². The molecule has 0 radical (unpaired) electrons. The molecule has 0 aliphatic heterocycles. The van der Waals surface area contributed by atoms with E-state index in [-0.39, 0.29) is 12.2 Å². The molecule has 5 nitrogen and oxygen atoms in total.